The Morgan fingerprint density at radius 2 is 0.900 bits per heavy atom. The highest BCUT2D eigenvalue weighted by Gasteiger charge is 2.26. The smallest absolute Gasteiger partial charge is 0.266 e. The van der Waals surface area contributed by atoms with Crippen LogP contribution in [0.3, 0.4) is 0 Å². The minimum atomic E-state index is -4.28. The first kappa shape index (κ1) is 39.3. The first-order chi connectivity index (χ1) is 19.3. The Labute approximate surface area is 249 Å². The van der Waals surface area contributed by atoms with Crippen molar-refractivity contribution in [2.75, 3.05) is 5.75 Å². The first-order valence-electron chi connectivity index (χ1n) is 17.2. The molecule has 0 heterocycles. The predicted octanol–water partition coefficient (Wildman–Crippen LogP) is 9.29. The molecule has 0 aromatic carbocycles. The SMILES string of the molecule is CCCCCCCCCCCCCCCCCCCCCCC(=O)NC(CS(=O)(=O)O)C(O)CCCCCCC. The number of hydrogen-bond donors (Lipinski definition) is 3. The van der Waals surface area contributed by atoms with Crippen LogP contribution < -0.4 is 5.32 Å². The fourth-order valence-corrected chi connectivity index (χ4v) is 6.21. The van der Waals surface area contributed by atoms with E-state index in [4.69, 9.17) is 0 Å². The summed E-state index contributed by atoms with van der Waals surface area (Å²) in [5, 5.41) is 13.1. The highest BCUT2D eigenvalue weighted by atomic mass is 32.2. The van der Waals surface area contributed by atoms with E-state index in [9.17, 15) is 22.9 Å². The molecule has 0 bridgehead atoms. The molecule has 0 saturated heterocycles. The second-order valence-corrected chi connectivity index (χ2v) is 13.7. The molecule has 0 spiro atoms. The highest BCUT2D eigenvalue weighted by Crippen LogP contribution is 2.16. The van der Waals surface area contributed by atoms with E-state index in [2.05, 4.69) is 19.2 Å². The number of carbonyl (C=O) groups excluding carboxylic acids is 1. The number of aliphatic hydroxyl groups excluding tert-OH is 1. The summed E-state index contributed by atoms with van der Waals surface area (Å²) >= 11 is 0. The summed E-state index contributed by atoms with van der Waals surface area (Å²) in [4.78, 5) is 12.4. The molecule has 0 aliphatic rings. The largest absolute Gasteiger partial charge is 0.391 e. The second kappa shape index (κ2) is 28.5. The lowest BCUT2D eigenvalue weighted by Crippen LogP contribution is -2.47. The lowest BCUT2D eigenvalue weighted by atomic mass is 10.0. The Hall–Kier alpha value is -0.660. The maximum atomic E-state index is 12.4. The van der Waals surface area contributed by atoms with Gasteiger partial charge >= 0.3 is 0 Å². The van der Waals surface area contributed by atoms with Crippen LogP contribution in [0.4, 0.5) is 0 Å². The predicted molar refractivity (Wildman–Crippen MR) is 170 cm³/mol. The van der Waals surface area contributed by atoms with Gasteiger partial charge in [-0.1, -0.05) is 168 Å². The van der Waals surface area contributed by atoms with Gasteiger partial charge in [0.25, 0.3) is 10.1 Å². The molecule has 40 heavy (non-hydrogen) atoms. The van der Waals surface area contributed by atoms with Gasteiger partial charge in [0.2, 0.25) is 5.91 Å². The molecule has 1 amide bonds. The molecule has 0 rings (SSSR count). The third-order valence-corrected chi connectivity index (χ3v) is 8.84. The summed E-state index contributed by atoms with van der Waals surface area (Å²) in [5.74, 6) is -0.894. The van der Waals surface area contributed by atoms with Gasteiger partial charge < -0.3 is 10.4 Å². The van der Waals surface area contributed by atoms with E-state index in [1.807, 2.05) is 0 Å². The molecule has 0 aromatic heterocycles. The summed E-state index contributed by atoms with van der Waals surface area (Å²) in [5.41, 5.74) is 0. The number of aliphatic hydroxyl groups is 1. The zero-order valence-electron chi connectivity index (χ0n) is 26.5. The van der Waals surface area contributed by atoms with Crippen molar-refractivity contribution in [3.63, 3.8) is 0 Å². The van der Waals surface area contributed by atoms with Gasteiger partial charge in [-0.3, -0.25) is 9.35 Å². The second-order valence-electron chi connectivity index (χ2n) is 12.2. The molecule has 240 valence electrons. The standard InChI is InChI=1S/C33H67NO5S/c1-3-5-7-9-10-11-12-13-14-15-16-17-18-19-20-21-22-23-25-27-29-33(36)34-31(30-40(37,38)39)32(35)28-26-24-8-6-4-2/h31-32,35H,3-30H2,1-2H3,(H,34,36)(H,37,38,39). The molecule has 0 radical (unpaired) electrons. The van der Waals surface area contributed by atoms with Crippen molar-refractivity contribution >= 4 is 16.0 Å². The minimum absolute atomic E-state index is 0.249. The normalized spacial score (nSPS) is 13.4. The lowest BCUT2D eigenvalue weighted by molar-refractivity contribution is -0.122. The molecule has 7 heteroatoms. The van der Waals surface area contributed by atoms with E-state index < -0.39 is 28.0 Å². The van der Waals surface area contributed by atoms with Crippen LogP contribution in [0.2, 0.25) is 0 Å². The van der Waals surface area contributed by atoms with Crippen molar-refractivity contribution < 1.29 is 22.9 Å². The number of carbonyl (C=O) groups is 1. The summed E-state index contributed by atoms with van der Waals surface area (Å²) in [6.07, 6.45) is 31.0. The van der Waals surface area contributed by atoms with Gasteiger partial charge in [0.05, 0.1) is 17.9 Å². The number of unbranched alkanes of at least 4 members (excludes halogenated alkanes) is 23. The summed E-state index contributed by atoms with van der Waals surface area (Å²) in [6.45, 7) is 4.41. The van der Waals surface area contributed by atoms with E-state index in [0.29, 0.717) is 12.8 Å². The van der Waals surface area contributed by atoms with E-state index in [0.717, 1.165) is 51.4 Å². The lowest BCUT2D eigenvalue weighted by Gasteiger charge is -2.23. The molecule has 3 N–H and O–H groups in total. The van der Waals surface area contributed by atoms with Gasteiger partial charge in [-0.15, -0.1) is 0 Å². The van der Waals surface area contributed by atoms with Gasteiger partial charge in [-0.2, -0.15) is 8.42 Å². The molecule has 0 aromatic rings. The molecule has 2 unspecified atom stereocenters. The van der Waals surface area contributed by atoms with Crippen molar-refractivity contribution in [3.05, 3.63) is 0 Å². The van der Waals surface area contributed by atoms with Crippen LogP contribution in [0.5, 0.6) is 0 Å². The summed E-state index contributed by atoms with van der Waals surface area (Å²) in [6, 6.07) is -0.959. The van der Waals surface area contributed by atoms with Crippen molar-refractivity contribution in [2.45, 2.75) is 199 Å². The van der Waals surface area contributed by atoms with Gasteiger partial charge in [0.15, 0.2) is 0 Å². The molecule has 6 nitrogen and oxygen atoms in total. The molecule has 0 aliphatic heterocycles. The number of hydrogen-bond acceptors (Lipinski definition) is 4. The van der Waals surface area contributed by atoms with Crippen LogP contribution in [0.1, 0.15) is 187 Å². The first-order valence-corrected chi connectivity index (χ1v) is 18.8. The van der Waals surface area contributed by atoms with E-state index in [1.54, 1.807) is 0 Å². The zero-order chi connectivity index (χ0) is 29.7. The van der Waals surface area contributed by atoms with Crippen LogP contribution in [0, 0.1) is 0 Å². The maximum Gasteiger partial charge on any atom is 0.266 e. The Morgan fingerprint density at radius 3 is 1.25 bits per heavy atom. The van der Waals surface area contributed by atoms with Gasteiger partial charge in [-0.05, 0) is 12.8 Å². The van der Waals surface area contributed by atoms with Crippen molar-refractivity contribution in [1.82, 2.24) is 5.32 Å². The van der Waals surface area contributed by atoms with Crippen LogP contribution in [0.15, 0.2) is 0 Å². The Balaban J connectivity index is 3.68. The number of amides is 1. The summed E-state index contributed by atoms with van der Waals surface area (Å²) < 4.78 is 32.0. The minimum Gasteiger partial charge on any atom is -0.391 e. The van der Waals surface area contributed by atoms with Gasteiger partial charge in [-0.25, -0.2) is 0 Å². The van der Waals surface area contributed by atoms with E-state index >= 15 is 0 Å². The molecular formula is C33H67NO5S. The molecule has 0 fully saturated rings. The monoisotopic (exact) mass is 589 g/mol. The highest BCUT2D eigenvalue weighted by molar-refractivity contribution is 7.85. The van der Waals surface area contributed by atoms with E-state index in [1.165, 1.54) is 109 Å². The number of rotatable bonds is 31. The van der Waals surface area contributed by atoms with Gasteiger partial charge in [0, 0.05) is 6.42 Å². The van der Waals surface area contributed by atoms with Crippen LogP contribution >= 0.6 is 0 Å². The van der Waals surface area contributed by atoms with Crippen molar-refractivity contribution in [2.24, 2.45) is 0 Å². The van der Waals surface area contributed by atoms with Crippen LogP contribution in [0.25, 0.3) is 0 Å². The Kier molecular flexibility index (Phi) is 28.0. The molecule has 0 aliphatic carbocycles. The molecule has 2 atom stereocenters. The Morgan fingerprint density at radius 1 is 0.575 bits per heavy atom. The van der Waals surface area contributed by atoms with E-state index in [-0.39, 0.29) is 5.91 Å². The van der Waals surface area contributed by atoms with Crippen LogP contribution in [-0.2, 0) is 14.9 Å². The summed E-state index contributed by atoms with van der Waals surface area (Å²) in [7, 11) is -4.28. The third kappa shape index (κ3) is 28.9. The number of nitrogens with one attached hydrogen (secondary N) is 1. The van der Waals surface area contributed by atoms with Crippen molar-refractivity contribution in [3.8, 4) is 0 Å². The van der Waals surface area contributed by atoms with Crippen LogP contribution in [-0.4, -0.2) is 41.9 Å². The van der Waals surface area contributed by atoms with Gasteiger partial charge in [0.1, 0.15) is 0 Å². The topological polar surface area (TPSA) is 104 Å². The third-order valence-electron chi connectivity index (χ3n) is 8.06. The van der Waals surface area contributed by atoms with Crippen molar-refractivity contribution in [1.29, 1.82) is 0 Å². The zero-order valence-corrected chi connectivity index (χ0v) is 27.3. The average Bonchev–Trinajstić information content (AvgIpc) is 2.90. The molecule has 0 saturated carbocycles. The fourth-order valence-electron chi connectivity index (χ4n) is 5.45. The molecular weight excluding hydrogens is 522 g/mol. The fraction of sp³-hybridized carbons (Fsp3) is 0.970. The maximum absolute atomic E-state index is 12.4. The Bertz CT molecular complexity index is 655. The quantitative estimate of drug-likeness (QED) is 0.0552. The average molecular weight is 590 g/mol.